The fourth-order valence-electron chi connectivity index (χ4n) is 2.72. The third kappa shape index (κ3) is 5.22. The highest BCUT2D eigenvalue weighted by atomic mass is 16.1. The molecule has 0 saturated heterocycles. The molecule has 0 aromatic heterocycles. The minimum absolute atomic E-state index is 0.00880. The molecule has 0 unspecified atom stereocenters. The van der Waals surface area contributed by atoms with Gasteiger partial charge in [0.1, 0.15) is 0 Å². The molecule has 0 fully saturated rings. The summed E-state index contributed by atoms with van der Waals surface area (Å²) in [6.45, 7) is 15.3. The molecular weight excluding hydrogens is 312 g/mol. The van der Waals surface area contributed by atoms with Crippen LogP contribution in [0.3, 0.4) is 0 Å². The Morgan fingerprint density at radius 2 is 1.44 bits per heavy atom. The van der Waals surface area contributed by atoms with Gasteiger partial charge in [-0.1, -0.05) is 46.3 Å². The molecule has 0 N–H and O–H groups in total. The quantitative estimate of drug-likeness (QED) is 0.524. The molecule has 0 saturated carbocycles. The normalized spacial score (nSPS) is 11.3. The maximum absolute atomic E-state index is 12.9. The number of Topliss-reactive ketones (excluding diaryl/α,β-unsaturated/α-hetero) is 3. The Kier molecular flexibility index (Phi) is 7.04. The van der Waals surface area contributed by atoms with Crippen molar-refractivity contribution in [2.75, 3.05) is 0 Å². The van der Waals surface area contributed by atoms with E-state index in [1.54, 1.807) is 12.1 Å². The maximum Gasteiger partial charge on any atom is 0.164 e. The molecule has 3 heteroatoms. The summed E-state index contributed by atoms with van der Waals surface area (Å²) in [7, 11) is 0. The van der Waals surface area contributed by atoms with Crippen LogP contribution < -0.4 is 0 Å². The van der Waals surface area contributed by atoms with Crippen molar-refractivity contribution in [2.24, 2.45) is 5.41 Å². The van der Waals surface area contributed by atoms with Gasteiger partial charge >= 0.3 is 0 Å². The summed E-state index contributed by atoms with van der Waals surface area (Å²) in [6.07, 6.45) is 2.34. The Morgan fingerprint density at radius 3 is 1.88 bits per heavy atom. The van der Waals surface area contributed by atoms with Crippen LogP contribution in [0.5, 0.6) is 0 Å². The van der Waals surface area contributed by atoms with Crippen molar-refractivity contribution in [1.82, 2.24) is 0 Å². The predicted molar refractivity (Wildman–Crippen MR) is 103 cm³/mol. The first-order valence-corrected chi connectivity index (χ1v) is 8.95. The van der Waals surface area contributed by atoms with Gasteiger partial charge in [-0.3, -0.25) is 14.4 Å². The van der Waals surface area contributed by atoms with Crippen molar-refractivity contribution in [2.45, 2.75) is 67.2 Å². The topological polar surface area (TPSA) is 51.2 Å². The third-order valence-electron chi connectivity index (χ3n) is 4.67. The van der Waals surface area contributed by atoms with Crippen molar-refractivity contribution in [1.29, 1.82) is 0 Å². The molecule has 0 atom stereocenters. The van der Waals surface area contributed by atoms with Crippen LogP contribution >= 0.6 is 0 Å². The molecule has 0 spiro atoms. The average Bonchev–Trinajstić information content (AvgIpc) is 2.53. The first-order valence-electron chi connectivity index (χ1n) is 8.95. The van der Waals surface area contributed by atoms with E-state index in [0.717, 1.165) is 12.0 Å². The standard InChI is InChI=1S/C22H30O3/c1-8-10-20(24)19-12-18(21(25)13-22(6,7)9-2)16(14(3)4)11-17(19)15(5)23/h11-12H,3,8-10,13H2,1-2,4-7H3. The number of benzene rings is 1. The van der Waals surface area contributed by atoms with Crippen LogP contribution in [0.15, 0.2) is 18.7 Å². The van der Waals surface area contributed by atoms with Gasteiger partial charge in [0.05, 0.1) is 0 Å². The van der Waals surface area contributed by atoms with Crippen molar-refractivity contribution in [3.05, 3.63) is 41.0 Å². The zero-order valence-corrected chi connectivity index (χ0v) is 16.4. The number of hydrogen-bond acceptors (Lipinski definition) is 3. The SMILES string of the molecule is C=C(C)c1cc(C(C)=O)c(C(=O)CCC)cc1C(=O)CC(C)(C)CC. The molecule has 0 aliphatic rings. The predicted octanol–water partition coefficient (Wildman–Crippen LogP) is 5.91. The van der Waals surface area contributed by atoms with Crippen LogP contribution in [0.2, 0.25) is 0 Å². The molecule has 1 rings (SSSR count). The minimum Gasteiger partial charge on any atom is -0.294 e. The van der Waals surface area contributed by atoms with Crippen LogP contribution in [0, 0.1) is 5.41 Å². The lowest BCUT2D eigenvalue weighted by Gasteiger charge is -2.23. The molecule has 1 aromatic rings. The highest BCUT2D eigenvalue weighted by molar-refractivity contribution is 6.11. The van der Waals surface area contributed by atoms with E-state index in [1.807, 2.05) is 13.8 Å². The third-order valence-corrected chi connectivity index (χ3v) is 4.67. The molecular formula is C22H30O3. The lowest BCUT2D eigenvalue weighted by Crippen LogP contribution is -2.18. The highest BCUT2D eigenvalue weighted by Crippen LogP contribution is 2.31. The van der Waals surface area contributed by atoms with Gasteiger partial charge in [-0.05, 0) is 43.4 Å². The van der Waals surface area contributed by atoms with Crippen molar-refractivity contribution >= 4 is 22.9 Å². The van der Waals surface area contributed by atoms with E-state index in [2.05, 4.69) is 27.4 Å². The second-order valence-electron chi connectivity index (χ2n) is 7.57. The van der Waals surface area contributed by atoms with E-state index in [4.69, 9.17) is 0 Å². The molecule has 0 aliphatic carbocycles. The number of carbonyl (C=O) groups is 3. The van der Waals surface area contributed by atoms with Gasteiger partial charge in [-0.2, -0.15) is 0 Å². The van der Waals surface area contributed by atoms with Gasteiger partial charge in [0.25, 0.3) is 0 Å². The van der Waals surface area contributed by atoms with E-state index in [0.29, 0.717) is 41.5 Å². The fourth-order valence-corrected chi connectivity index (χ4v) is 2.72. The summed E-state index contributed by atoms with van der Waals surface area (Å²) in [5.41, 5.74) is 2.50. The molecule has 0 bridgehead atoms. The van der Waals surface area contributed by atoms with Crippen molar-refractivity contribution < 1.29 is 14.4 Å². The van der Waals surface area contributed by atoms with Gasteiger partial charge in [0, 0.05) is 29.5 Å². The molecule has 3 nitrogen and oxygen atoms in total. The second kappa shape index (κ2) is 8.37. The molecule has 25 heavy (non-hydrogen) atoms. The Hall–Kier alpha value is -2.03. The molecule has 0 radical (unpaired) electrons. The van der Waals surface area contributed by atoms with Crippen LogP contribution in [-0.4, -0.2) is 17.3 Å². The van der Waals surface area contributed by atoms with Crippen LogP contribution in [0.25, 0.3) is 5.57 Å². The molecule has 0 amide bonds. The number of allylic oxidation sites excluding steroid dienone is 1. The summed E-state index contributed by atoms with van der Waals surface area (Å²) in [6, 6.07) is 3.28. The fraction of sp³-hybridized carbons (Fsp3) is 0.500. The van der Waals surface area contributed by atoms with Crippen molar-refractivity contribution in [3.8, 4) is 0 Å². The number of rotatable bonds is 9. The first-order chi connectivity index (χ1) is 11.5. The number of hydrogen-bond donors (Lipinski definition) is 0. The lowest BCUT2D eigenvalue weighted by molar-refractivity contribution is 0.0926. The zero-order valence-electron chi connectivity index (χ0n) is 16.4. The first kappa shape index (κ1) is 21.0. The monoisotopic (exact) mass is 342 g/mol. The summed E-state index contributed by atoms with van der Waals surface area (Å²) >= 11 is 0. The van der Waals surface area contributed by atoms with Crippen LogP contribution in [-0.2, 0) is 0 Å². The van der Waals surface area contributed by atoms with Crippen molar-refractivity contribution in [3.63, 3.8) is 0 Å². The number of ketones is 3. The molecule has 0 heterocycles. The van der Waals surface area contributed by atoms with Gasteiger partial charge < -0.3 is 0 Å². The van der Waals surface area contributed by atoms with Crippen LogP contribution in [0.4, 0.5) is 0 Å². The van der Waals surface area contributed by atoms with E-state index in [-0.39, 0.29) is 22.8 Å². The zero-order chi connectivity index (χ0) is 19.4. The Balaban J connectivity index is 3.56. The smallest absolute Gasteiger partial charge is 0.164 e. The Morgan fingerprint density at radius 1 is 0.920 bits per heavy atom. The van der Waals surface area contributed by atoms with Gasteiger partial charge in [-0.15, -0.1) is 0 Å². The molecule has 1 aromatic carbocycles. The Labute approximate surface area is 151 Å². The van der Waals surface area contributed by atoms with E-state index in [9.17, 15) is 14.4 Å². The summed E-state index contributed by atoms with van der Waals surface area (Å²) in [5.74, 6) is -0.273. The minimum atomic E-state index is -0.171. The molecule has 136 valence electrons. The Bertz CT molecular complexity index is 708. The van der Waals surface area contributed by atoms with Gasteiger partial charge in [0.2, 0.25) is 0 Å². The van der Waals surface area contributed by atoms with Gasteiger partial charge in [-0.25, -0.2) is 0 Å². The molecule has 0 aliphatic heterocycles. The number of carbonyl (C=O) groups excluding carboxylic acids is 3. The highest BCUT2D eigenvalue weighted by Gasteiger charge is 2.25. The largest absolute Gasteiger partial charge is 0.294 e. The summed E-state index contributed by atoms with van der Waals surface area (Å²) in [5, 5.41) is 0. The maximum atomic E-state index is 12.9. The lowest BCUT2D eigenvalue weighted by atomic mass is 9.81. The average molecular weight is 342 g/mol. The van der Waals surface area contributed by atoms with Crippen LogP contribution in [0.1, 0.15) is 104 Å². The second-order valence-corrected chi connectivity index (χ2v) is 7.57. The van der Waals surface area contributed by atoms with E-state index >= 15 is 0 Å². The van der Waals surface area contributed by atoms with E-state index in [1.165, 1.54) is 6.92 Å². The summed E-state index contributed by atoms with van der Waals surface area (Å²) in [4.78, 5) is 37.4. The van der Waals surface area contributed by atoms with E-state index < -0.39 is 0 Å². The summed E-state index contributed by atoms with van der Waals surface area (Å²) < 4.78 is 0. The van der Waals surface area contributed by atoms with Gasteiger partial charge in [0.15, 0.2) is 17.3 Å².